The van der Waals surface area contributed by atoms with Crippen molar-refractivity contribution in [1.82, 2.24) is 35.6 Å². The lowest BCUT2D eigenvalue weighted by Gasteiger charge is -1.88. The van der Waals surface area contributed by atoms with E-state index >= 15 is 0 Å². The quantitative estimate of drug-likeness (QED) is 0.243. The fourth-order valence-electron chi connectivity index (χ4n) is 2.37. The third-order valence-electron chi connectivity index (χ3n) is 4.42. The molecule has 0 aromatic carbocycles. The summed E-state index contributed by atoms with van der Waals surface area (Å²) in [6.45, 7) is 20.8. The largest absolute Gasteiger partial charge is 0.361 e. The first kappa shape index (κ1) is 30.9. The van der Waals surface area contributed by atoms with Crippen molar-refractivity contribution in [2.75, 3.05) is 0 Å². The Morgan fingerprint density at radius 1 is 0.541 bits per heavy atom. The number of aryl methyl sites for hydroxylation is 10. The summed E-state index contributed by atoms with van der Waals surface area (Å²) >= 11 is 0. The molecule has 0 spiro atoms. The molecule has 0 bridgehead atoms. The van der Waals surface area contributed by atoms with Gasteiger partial charge in [-0.25, -0.2) is 9.97 Å². The molecule has 5 aromatic rings. The van der Waals surface area contributed by atoms with Gasteiger partial charge >= 0.3 is 0 Å². The predicted octanol–water partition coefficient (Wildman–Crippen LogP) is 5.96. The molecule has 0 saturated heterocycles. The highest BCUT2D eigenvalue weighted by atomic mass is 16.5. The minimum atomic E-state index is 0.623. The topological polar surface area (TPSA) is 143 Å². The van der Waals surface area contributed by atoms with E-state index in [1.54, 1.807) is 13.8 Å². The maximum absolute atomic E-state index is 4.84. The Labute approximate surface area is 217 Å². The molecule has 0 fully saturated rings. The Morgan fingerprint density at radius 3 is 1.22 bits per heavy atom. The van der Waals surface area contributed by atoms with Gasteiger partial charge in [0.2, 0.25) is 5.89 Å². The van der Waals surface area contributed by atoms with E-state index in [1.165, 1.54) is 0 Å². The smallest absolute Gasteiger partial charge is 0.223 e. The van der Waals surface area contributed by atoms with Crippen molar-refractivity contribution in [2.45, 2.75) is 76.2 Å². The number of aromatic nitrogens is 7. The van der Waals surface area contributed by atoms with E-state index in [1.807, 2.05) is 86.8 Å². The van der Waals surface area contributed by atoms with E-state index in [2.05, 4.69) is 40.1 Å². The van der Waals surface area contributed by atoms with Crippen LogP contribution in [0.25, 0.3) is 0 Å². The van der Waals surface area contributed by atoms with Crippen molar-refractivity contribution in [1.29, 1.82) is 0 Å². The molecule has 0 saturated carbocycles. The lowest BCUT2D eigenvalue weighted by molar-refractivity contribution is 0.389. The van der Waals surface area contributed by atoms with Crippen LogP contribution >= 0.6 is 0 Å². The Kier molecular flexibility index (Phi) is 13.2. The van der Waals surface area contributed by atoms with Gasteiger partial charge in [0.1, 0.15) is 23.1 Å². The monoisotopic (exact) mass is 511 g/mol. The van der Waals surface area contributed by atoms with Crippen LogP contribution in [-0.4, -0.2) is 35.6 Å². The van der Waals surface area contributed by atoms with E-state index in [-0.39, 0.29) is 0 Å². The second kappa shape index (κ2) is 15.8. The molecule has 0 N–H and O–H groups in total. The van der Waals surface area contributed by atoms with Crippen molar-refractivity contribution in [3.63, 3.8) is 0 Å². The Hall–Kier alpha value is -4.15. The molecule has 0 aliphatic rings. The van der Waals surface area contributed by atoms with Gasteiger partial charge < -0.3 is 18.1 Å². The highest BCUT2D eigenvalue weighted by Crippen LogP contribution is 2.08. The van der Waals surface area contributed by atoms with Crippen LogP contribution in [0.1, 0.15) is 63.0 Å². The van der Waals surface area contributed by atoms with Gasteiger partial charge in [-0.05, 0) is 74.8 Å². The lowest BCUT2D eigenvalue weighted by atomic mass is 10.2. The minimum Gasteiger partial charge on any atom is -0.361 e. The molecule has 5 aromatic heterocycles. The van der Waals surface area contributed by atoms with Crippen molar-refractivity contribution in [3.05, 3.63) is 87.6 Å². The predicted molar refractivity (Wildman–Crippen MR) is 138 cm³/mol. The van der Waals surface area contributed by atoms with E-state index in [0.717, 1.165) is 51.3 Å². The minimum absolute atomic E-state index is 0.623. The van der Waals surface area contributed by atoms with E-state index < -0.39 is 0 Å². The van der Waals surface area contributed by atoms with Crippen molar-refractivity contribution in [3.8, 4) is 0 Å². The molecule has 0 radical (unpaired) electrons. The van der Waals surface area contributed by atoms with E-state index in [9.17, 15) is 0 Å². The van der Waals surface area contributed by atoms with E-state index in [0.29, 0.717) is 11.7 Å². The Bertz CT molecular complexity index is 1120. The van der Waals surface area contributed by atoms with Crippen molar-refractivity contribution < 1.29 is 18.1 Å². The fourth-order valence-corrected chi connectivity index (χ4v) is 2.37. The van der Waals surface area contributed by atoms with Crippen LogP contribution in [-0.2, 0) is 0 Å². The molecule has 0 aliphatic heterocycles. The summed E-state index contributed by atoms with van der Waals surface area (Å²) in [5.74, 6) is 4.81. The second-order valence-electron chi connectivity index (χ2n) is 8.28. The summed E-state index contributed by atoms with van der Waals surface area (Å²) in [6.07, 6.45) is 3.62. The third kappa shape index (κ3) is 13.5. The molecule has 0 atom stereocenters. The molecule has 0 aliphatic carbocycles. The van der Waals surface area contributed by atoms with Crippen LogP contribution in [0.15, 0.2) is 42.6 Å². The maximum Gasteiger partial charge on any atom is 0.223 e. The molecule has 11 heteroatoms. The van der Waals surface area contributed by atoms with Gasteiger partial charge in [-0.3, -0.25) is 0 Å². The molecule has 37 heavy (non-hydrogen) atoms. The van der Waals surface area contributed by atoms with Gasteiger partial charge in [-0.2, -0.15) is 4.98 Å². The number of rotatable bonds is 0. The average molecular weight is 512 g/mol. The van der Waals surface area contributed by atoms with Crippen LogP contribution in [0.2, 0.25) is 0 Å². The van der Waals surface area contributed by atoms with Crippen LogP contribution in [0.4, 0.5) is 0 Å². The van der Waals surface area contributed by atoms with Gasteiger partial charge in [0.25, 0.3) is 0 Å². The first-order chi connectivity index (χ1) is 17.4. The lowest BCUT2D eigenvalue weighted by Crippen LogP contribution is -1.84. The summed E-state index contributed by atoms with van der Waals surface area (Å²) < 4.78 is 18.9. The normalized spacial score (nSPS) is 9.49. The zero-order valence-corrected chi connectivity index (χ0v) is 23.6. The summed E-state index contributed by atoms with van der Waals surface area (Å²) in [7, 11) is 0. The molecular weight excluding hydrogens is 474 g/mol. The van der Waals surface area contributed by atoms with Crippen LogP contribution in [0, 0.1) is 76.2 Å². The molecule has 5 heterocycles. The molecule has 0 amide bonds. The van der Waals surface area contributed by atoms with Crippen LogP contribution in [0.3, 0.4) is 0 Å². The SMILES string of the molecule is Cc1cc(C)on1.Cc1cc(C)on1.Cc1cnc(C)nc1.Cc1noc(C)c1C.Cc1noc(C)n1. The van der Waals surface area contributed by atoms with Gasteiger partial charge in [0.05, 0.1) is 17.1 Å². The molecule has 0 unspecified atom stereocenters. The summed E-state index contributed by atoms with van der Waals surface area (Å²) in [5, 5.41) is 14.6. The van der Waals surface area contributed by atoms with Crippen LogP contribution < -0.4 is 0 Å². The number of hydrogen-bond acceptors (Lipinski definition) is 11. The third-order valence-corrected chi connectivity index (χ3v) is 4.42. The Balaban J connectivity index is 0.000000232. The van der Waals surface area contributed by atoms with Gasteiger partial charge in [-0.1, -0.05) is 20.6 Å². The Morgan fingerprint density at radius 2 is 1.05 bits per heavy atom. The zero-order chi connectivity index (χ0) is 28.0. The first-order valence-corrected chi connectivity index (χ1v) is 11.6. The molecular formula is C26H37N7O4. The molecule has 200 valence electrons. The second-order valence-corrected chi connectivity index (χ2v) is 8.28. The van der Waals surface area contributed by atoms with Gasteiger partial charge in [-0.15, -0.1) is 0 Å². The highest BCUT2D eigenvalue weighted by molar-refractivity contribution is 5.17. The van der Waals surface area contributed by atoms with Crippen molar-refractivity contribution >= 4 is 0 Å². The maximum atomic E-state index is 4.84. The summed E-state index contributed by atoms with van der Waals surface area (Å²) in [5.41, 5.74) is 5.14. The molecule has 11 nitrogen and oxygen atoms in total. The van der Waals surface area contributed by atoms with Crippen LogP contribution in [0.5, 0.6) is 0 Å². The first-order valence-electron chi connectivity index (χ1n) is 11.6. The standard InChI is InChI=1S/C6H8N2.C6H9NO.2C5H7NO.C4H6N2O/c1-5-3-7-6(2)8-4-5;1-4-5(2)7-8-6(4)3;2*1-4-3-5(2)7-6-4;1-3-5-4(2)7-6-3/h3-4H,1-2H3;1-3H3;2*3H,1-2H3;1-2H3. The van der Waals surface area contributed by atoms with Gasteiger partial charge in [0, 0.05) is 37.0 Å². The molecule has 5 rings (SSSR count). The van der Waals surface area contributed by atoms with Gasteiger partial charge in [0.15, 0.2) is 5.82 Å². The average Bonchev–Trinajstić information content (AvgIpc) is 3.60. The summed E-state index contributed by atoms with van der Waals surface area (Å²) in [4.78, 5) is 11.8. The van der Waals surface area contributed by atoms with E-state index in [4.69, 9.17) is 13.6 Å². The summed E-state index contributed by atoms with van der Waals surface area (Å²) in [6, 6.07) is 3.78. The zero-order valence-electron chi connectivity index (χ0n) is 23.6. The highest BCUT2D eigenvalue weighted by Gasteiger charge is 2.00. The number of hydrogen-bond donors (Lipinski definition) is 0. The number of nitrogens with zero attached hydrogens (tertiary/aromatic N) is 7. The fraction of sp³-hybridized carbons (Fsp3) is 0.423. The van der Waals surface area contributed by atoms with Crippen molar-refractivity contribution in [2.24, 2.45) is 0 Å².